The number of hydrogen-bond donors (Lipinski definition) is 1. The van der Waals surface area contributed by atoms with Gasteiger partial charge in [-0.2, -0.15) is 0 Å². The average Bonchev–Trinajstić information content (AvgIpc) is 2.03. The van der Waals surface area contributed by atoms with E-state index >= 15 is 0 Å². The lowest BCUT2D eigenvalue weighted by Crippen LogP contribution is -1.97. The molecule has 0 bridgehead atoms. The molecule has 0 radical (unpaired) electrons. The summed E-state index contributed by atoms with van der Waals surface area (Å²) in [4.78, 5) is 0. The van der Waals surface area contributed by atoms with Crippen LogP contribution in [0.15, 0.2) is 18.2 Å². The average molecular weight is 164 g/mol. The van der Waals surface area contributed by atoms with Gasteiger partial charge in [0, 0.05) is 5.69 Å². The van der Waals surface area contributed by atoms with E-state index in [0.717, 1.165) is 16.8 Å². The Labute approximate surface area is 73.2 Å². The Morgan fingerprint density at radius 3 is 2.42 bits per heavy atom. The molecule has 66 valence electrons. The van der Waals surface area contributed by atoms with Crippen LogP contribution < -0.4 is 5.48 Å². The highest BCUT2D eigenvalue weighted by Crippen LogP contribution is 2.26. The highest BCUT2D eigenvalue weighted by molar-refractivity contribution is 5.58. The number of anilines is 1. The van der Waals surface area contributed by atoms with Gasteiger partial charge in [-0.3, -0.25) is 0 Å². The molecule has 0 amide bonds. The van der Waals surface area contributed by atoms with Crippen molar-refractivity contribution < 1.29 is 0 Å². The zero-order valence-electron chi connectivity index (χ0n) is 7.72. The standard InChI is InChI=1S/C10H14NO/c1-7(2)9-6-4-5-8(3)10(9)11-12/h4-7,11H,1-3H3/q-1. The van der Waals surface area contributed by atoms with Gasteiger partial charge in [0.05, 0.1) is 0 Å². The molecule has 12 heavy (non-hydrogen) atoms. The molecule has 2 heteroatoms. The molecule has 1 rings (SSSR count). The molecule has 0 aromatic heterocycles. The third-order valence-corrected chi connectivity index (χ3v) is 2.03. The van der Waals surface area contributed by atoms with Crippen LogP contribution >= 0.6 is 0 Å². The zero-order valence-corrected chi connectivity index (χ0v) is 7.72. The van der Waals surface area contributed by atoms with E-state index in [0.29, 0.717) is 5.92 Å². The van der Waals surface area contributed by atoms with Crippen LogP contribution in [0.1, 0.15) is 30.9 Å². The first-order valence-corrected chi connectivity index (χ1v) is 4.14. The number of aryl methyl sites for hydroxylation is 1. The van der Waals surface area contributed by atoms with Crippen molar-refractivity contribution in [2.75, 3.05) is 5.48 Å². The van der Waals surface area contributed by atoms with Crippen LogP contribution in [0, 0.1) is 12.1 Å². The molecule has 0 atom stereocenters. The minimum absolute atomic E-state index is 0.390. The fraction of sp³-hybridized carbons (Fsp3) is 0.400. The van der Waals surface area contributed by atoms with Crippen molar-refractivity contribution in [3.05, 3.63) is 34.5 Å². The van der Waals surface area contributed by atoms with Crippen molar-refractivity contribution in [2.24, 2.45) is 0 Å². The summed E-state index contributed by atoms with van der Waals surface area (Å²) in [7, 11) is 0. The van der Waals surface area contributed by atoms with Crippen LogP contribution in [0.25, 0.3) is 0 Å². The second kappa shape index (κ2) is 3.59. The molecule has 0 heterocycles. The summed E-state index contributed by atoms with van der Waals surface area (Å²) >= 11 is 0. The van der Waals surface area contributed by atoms with E-state index < -0.39 is 0 Å². The van der Waals surface area contributed by atoms with Crippen LogP contribution in [-0.2, 0) is 0 Å². The zero-order chi connectivity index (χ0) is 9.14. The molecule has 0 saturated heterocycles. The van der Waals surface area contributed by atoms with Gasteiger partial charge in [0.15, 0.2) is 0 Å². The summed E-state index contributed by atoms with van der Waals surface area (Å²) in [5.74, 6) is 0.390. The summed E-state index contributed by atoms with van der Waals surface area (Å²) in [6, 6.07) is 5.90. The molecule has 0 fully saturated rings. The van der Waals surface area contributed by atoms with E-state index in [1.165, 1.54) is 0 Å². The van der Waals surface area contributed by atoms with Gasteiger partial charge in [-0.15, -0.1) is 0 Å². The Kier molecular flexibility index (Phi) is 2.71. The number of nitrogens with one attached hydrogen (secondary N) is 1. The molecule has 0 aliphatic carbocycles. The first-order chi connectivity index (χ1) is 5.66. The lowest BCUT2D eigenvalue weighted by atomic mass is 9.99. The number of benzene rings is 1. The number of rotatable bonds is 2. The second-order valence-electron chi connectivity index (χ2n) is 3.30. The first kappa shape index (κ1) is 9.07. The molecule has 1 aromatic rings. The summed E-state index contributed by atoms with van der Waals surface area (Å²) in [6.07, 6.45) is 0. The smallest absolute Gasteiger partial charge is 0.0298 e. The number of hydrogen-bond acceptors (Lipinski definition) is 2. The van der Waals surface area contributed by atoms with Gasteiger partial charge in [-0.05, 0) is 24.0 Å². The molecule has 0 aliphatic rings. The van der Waals surface area contributed by atoms with E-state index in [2.05, 4.69) is 13.8 Å². The maximum atomic E-state index is 10.6. The minimum atomic E-state index is 0.390. The summed E-state index contributed by atoms with van der Waals surface area (Å²) in [6.45, 7) is 6.09. The first-order valence-electron chi connectivity index (χ1n) is 4.14. The molecular weight excluding hydrogens is 150 g/mol. The van der Waals surface area contributed by atoms with Gasteiger partial charge >= 0.3 is 0 Å². The highest BCUT2D eigenvalue weighted by atomic mass is 16.5. The predicted molar refractivity (Wildman–Crippen MR) is 52.3 cm³/mol. The normalized spacial score (nSPS) is 10.4. The topological polar surface area (TPSA) is 35.1 Å². The third kappa shape index (κ3) is 1.59. The van der Waals surface area contributed by atoms with E-state index in [-0.39, 0.29) is 0 Å². The van der Waals surface area contributed by atoms with Gasteiger partial charge in [0.2, 0.25) is 0 Å². The van der Waals surface area contributed by atoms with Gasteiger partial charge in [0.25, 0.3) is 0 Å². The lowest BCUT2D eigenvalue weighted by molar-refractivity contribution is 0.867. The predicted octanol–water partition coefficient (Wildman–Crippen LogP) is 3.03. The minimum Gasteiger partial charge on any atom is -0.761 e. The molecule has 0 spiro atoms. The van der Waals surface area contributed by atoms with Gasteiger partial charge < -0.3 is 10.7 Å². The van der Waals surface area contributed by atoms with Crippen LogP contribution in [0.2, 0.25) is 0 Å². The van der Waals surface area contributed by atoms with Crippen LogP contribution in [-0.4, -0.2) is 0 Å². The van der Waals surface area contributed by atoms with Crippen molar-refractivity contribution in [2.45, 2.75) is 26.7 Å². The van der Waals surface area contributed by atoms with E-state index in [1.807, 2.05) is 30.6 Å². The fourth-order valence-corrected chi connectivity index (χ4v) is 1.31. The van der Waals surface area contributed by atoms with Crippen molar-refractivity contribution in [3.8, 4) is 0 Å². The monoisotopic (exact) mass is 164 g/mol. The van der Waals surface area contributed by atoms with E-state index in [1.54, 1.807) is 0 Å². The van der Waals surface area contributed by atoms with Gasteiger partial charge in [-0.1, -0.05) is 32.0 Å². The SMILES string of the molecule is Cc1cccc(C(C)C)c1N[O-]. The Bertz CT molecular complexity index is 269. The summed E-state index contributed by atoms with van der Waals surface area (Å²) in [5.41, 5.74) is 4.82. The second-order valence-corrected chi connectivity index (χ2v) is 3.30. The van der Waals surface area contributed by atoms with Crippen molar-refractivity contribution in [1.29, 1.82) is 0 Å². The Balaban J connectivity index is 3.18. The molecular formula is C10H14NO-. The van der Waals surface area contributed by atoms with Crippen LogP contribution in [0.5, 0.6) is 0 Å². The molecule has 0 aliphatic heterocycles. The lowest BCUT2D eigenvalue weighted by Gasteiger charge is -2.19. The Morgan fingerprint density at radius 1 is 1.33 bits per heavy atom. The number of para-hydroxylation sites is 1. The van der Waals surface area contributed by atoms with Crippen molar-refractivity contribution >= 4 is 5.69 Å². The maximum absolute atomic E-state index is 10.6. The Morgan fingerprint density at radius 2 is 2.00 bits per heavy atom. The summed E-state index contributed by atoms with van der Waals surface area (Å²) in [5, 5.41) is 10.6. The van der Waals surface area contributed by atoms with Crippen LogP contribution in [0.3, 0.4) is 0 Å². The third-order valence-electron chi connectivity index (χ3n) is 2.03. The summed E-state index contributed by atoms with van der Waals surface area (Å²) < 4.78 is 0. The fourth-order valence-electron chi connectivity index (χ4n) is 1.31. The van der Waals surface area contributed by atoms with E-state index in [9.17, 15) is 5.21 Å². The molecule has 0 saturated carbocycles. The van der Waals surface area contributed by atoms with Gasteiger partial charge in [0.1, 0.15) is 0 Å². The molecule has 0 unspecified atom stereocenters. The maximum Gasteiger partial charge on any atom is 0.0298 e. The van der Waals surface area contributed by atoms with Crippen molar-refractivity contribution in [3.63, 3.8) is 0 Å². The Hall–Kier alpha value is -1.02. The van der Waals surface area contributed by atoms with E-state index in [4.69, 9.17) is 0 Å². The highest BCUT2D eigenvalue weighted by Gasteiger charge is 2.04. The van der Waals surface area contributed by atoms with Crippen LogP contribution in [0.4, 0.5) is 5.69 Å². The van der Waals surface area contributed by atoms with Crippen molar-refractivity contribution in [1.82, 2.24) is 0 Å². The molecule has 2 nitrogen and oxygen atoms in total. The quantitative estimate of drug-likeness (QED) is 0.682. The molecule has 1 aromatic carbocycles. The largest absolute Gasteiger partial charge is 0.761 e. The molecule has 1 N–H and O–H groups in total. The van der Waals surface area contributed by atoms with Gasteiger partial charge in [-0.25, -0.2) is 0 Å².